The summed E-state index contributed by atoms with van der Waals surface area (Å²) < 4.78 is 5.21. The first-order valence-electron chi connectivity index (χ1n) is 10.8. The molecule has 0 aliphatic rings. The highest BCUT2D eigenvalue weighted by Gasteiger charge is 2.37. The van der Waals surface area contributed by atoms with E-state index in [9.17, 15) is 19.7 Å². The minimum Gasteiger partial charge on any atom is -0.465 e. The zero-order valence-corrected chi connectivity index (χ0v) is 19.8. The van der Waals surface area contributed by atoms with E-state index in [1.54, 1.807) is 0 Å². The third kappa shape index (κ3) is 4.44. The van der Waals surface area contributed by atoms with E-state index in [4.69, 9.17) is 4.74 Å². The fourth-order valence-corrected chi connectivity index (χ4v) is 8.47. The van der Waals surface area contributed by atoms with Gasteiger partial charge in [0, 0.05) is 17.7 Å². The molecular formula is C28H22NO5P. The van der Waals surface area contributed by atoms with Crippen molar-refractivity contribution in [3.8, 4) is 0 Å². The number of carbonyl (C=O) groups is 2. The Labute approximate surface area is 202 Å². The molecule has 0 N–H and O–H groups in total. The lowest BCUT2D eigenvalue weighted by molar-refractivity contribution is -0.384. The van der Waals surface area contributed by atoms with Gasteiger partial charge in [0.25, 0.3) is 5.69 Å². The molecule has 4 rings (SSSR count). The topological polar surface area (TPSA) is 86.5 Å². The maximum absolute atomic E-state index is 14.1. The molecule has 0 aliphatic heterocycles. The highest BCUT2D eigenvalue weighted by atomic mass is 31.2. The Hall–Kier alpha value is -4.28. The van der Waals surface area contributed by atoms with Crippen LogP contribution in [0.25, 0.3) is 0 Å². The number of ketones is 1. The summed E-state index contributed by atoms with van der Waals surface area (Å²) in [6.07, 6.45) is 0. The zero-order chi connectivity index (χ0) is 24.8. The van der Waals surface area contributed by atoms with Crippen LogP contribution in [0.2, 0.25) is 0 Å². The van der Waals surface area contributed by atoms with Gasteiger partial charge in [-0.3, -0.25) is 14.9 Å². The fourth-order valence-electron chi connectivity index (χ4n) is 4.14. The molecule has 0 heterocycles. The molecule has 0 saturated carbocycles. The number of rotatable bonds is 7. The average Bonchev–Trinajstić information content (AvgIpc) is 2.92. The number of nitro groups is 1. The number of esters is 1. The van der Waals surface area contributed by atoms with E-state index in [1.807, 2.05) is 91.0 Å². The number of nitro benzene ring substituents is 1. The lowest BCUT2D eigenvalue weighted by Crippen LogP contribution is -2.38. The first-order valence-corrected chi connectivity index (χ1v) is 12.6. The number of nitrogens with zero attached hydrogens (tertiary/aromatic N) is 1. The van der Waals surface area contributed by atoms with Crippen LogP contribution in [0.3, 0.4) is 0 Å². The third-order valence-electron chi connectivity index (χ3n) is 5.70. The highest BCUT2D eigenvalue weighted by Crippen LogP contribution is 2.47. The van der Waals surface area contributed by atoms with Crippen LogP contribution < -0.4 is 15.9 Å². The Morgan fingerprint density at radius 3 is 1.43 bits per heavy atom. The van der Waals surface area contributed by atoms with Crippen molar-refractivity contribution in [3.05, 3.63) is 131 Å². The van der Waals surface area contributed by atoms with Crippen molar-refractivity contribution in [3.63, 3.8) is 0 Å². The van der Waals surface area contributed by atoms with Gasteiger partial charge >= 0.3 is 5.97 Å². The third-order valence-corrected chi connectivity index (χ3v) is 9.97. The minimum atomic E-state index is -3.03. The van der Waals surface area contributed by atoms with Crippen LogP contribution >= 0.6 is 6.89 Å². The van der Waals surface area contributed by atoms with E-state index >= 15 is 0 Å². The maximum Gasteiger partial charge on any atom is 0.342 e. The number of methoxy groups -OCH3 is 1. The first-order chi connectivity index (χ1) is 17.0. The van der Waals surface area contributed by atoms with Gasteiger partial charge in [0.05, 0.1) is 12.0 Å². The van der Waals surface area contributed by atoms with Crippen LogP contribution in [0.1, 0.15) is 10.4 Å². The van der Waals surface area contributed by atoms with Crippen LogP contribution in [0.5, 0.6) is 0 Å². The summed E-state index contributed by atoms with van der Waals surface area (Å²) in [5.74, 6) is -1.27. The molecule has 4 aromatic carbocycles. The smallest absolute Gasteiger partial charge is 0.342 e. The Bertz CT molecular complexity index is 1310. The molecule has 7 heteroatoms. The lowest BCUT2D eigenvalue weighted by Gasteiger charge is -2.31. The molecule has 174 valence electrons. The van der Waals surface area contributed by atoms with Crippen molar-refractivity contribution in [1.82, 2.24) is 0 Å². The SMILES string of the molecule is COC(=O)C(C(=O)c1ccc([N+](=O)[O-])cc1)=P(c1ccccc1)(c1ccccc1)c1ccccc1. The van der Waals surface area contributed by atoms with Gasteiger partial charge in [-0.25, -0.2) is 4.79 Å². The zero-order valence-electron chi connectivity index (χ0n) is 18.9. The summed E-state index contributed by atoms with van der Waals surface area (Å²) in [5, 5.41) is 13.6. The lowest BCUT2D eigenvalue weighted by atomic mass is 10.1. The van der Waals surface area contributed by atoms with E-state index < -0.39 is 23.6 Å². The van der Waals surface area contributed by atoms with E-state index in [0.717, 1.165) is 15.9 Å². The van der Waals surface area contributed by atoms with E-state index in [2.05, 4.69) is 0 Å². The second-order valence-corrected chi connectivity index (χ2v) is 11.0. The fraction of sp³-hybridized carbons (Fsp3) is 0.0357. The van der Waals surface area contributed by atoms with Crippen molar-refractivity contribution in [1.29, 1.82) is 0 Å². The van der Waals surface area contributed by atoms with Crippen molar-refractivity contribution >= 4 is 45.5 Å². The second kappa shape index (κ2) is 10.3. The van der Waals surface area contributed by atoms with E-state index in [0.29, 0.717) is 0 Å². The molecule has 0 bridgehead atoms. The molecular weight excluding hydrogens is 461 g/mol. The molecule has 0 saturated heterocycles. The van der Waals surface area contributed by atoms with Crippen molar-refractivity contribution in [2.45, 2.75) is 0 Å². The summed E-state index contributed by atoms with van der Waals surface area (Å²) in [4.78, 5) is 38.2. The number of Topliss-reactive ketones (excluding diaryl/α,β-unsaturated/α-hetero) is 1. The molecule has 35 heavy (non-hydrogen) atoms. The molecule has 0 radical (unpaired) electrons. The molecule has 0 amide bonds. The van der Waals surface area contributed by atoms with Gasteiger partial charge in [0.15, 0.2) is 0 Å². The Morgan fingerprint density at radius 1 is 0.686 bits per heavy atom. The summed E-state index contributed by atoms with van der Waals surface area (Å²) in [6.45, 7) is -3.03. The van der Waals surface area contributed by atoms with Gasteiger partial charge in [-0.05, 0) is 34.9 Å². The van der Waals surface area contributed by atoms with Crippen molar-refractivity contribution in [2.75, 3.05) is 7.11 Å². The predicted octanol–water partition coefficient (Wildman–Crippen LogP) is 4.12. The van der Waals surface area contributed by atoms with Crippen LogP contribution in [0, 0.1) is 10.1 Å². The molecule has 0 unspecified atom stereocenters. The average molecular weight is 483 g/mol. The number of hydrogen-bond acceptors (Lipinski definition) is 5. The number of benzene rings is 4. The molecule has 0 aliphatic carbocycles. The van der Waals surface area contributed by atoms with Crippen LogP contribution in [0.15, 0.2) is 115 Å². The highest BCUT2D eigenvalue weighted by molar-refractivity contribution is 7.97. The monoisotopic (exact) mass is 483 g/mol. The van der Waals surface area contributed by atoms with Crippen LogP contribution in [-0.4, -0.2) is 29.1 Å². The number of hydrogen-bond donors (Lipinski definition) is 0. The van der Waals surface area contributed by atoms with Gasteiger partial charge < -0.3 is 4.74 Å². The maximum atomic E-state index is 14.1. The molecule has 4 aromatic rings. The Kier molecular flexibility index (Phi) is 7.04. The van der Waals surface area contributed by atoms with Gasteiger partial charge in [0.2, 0.25) is 5.78 Å². The molecule has 0 fully saturated rings. The van der Waals surface area contributed by atoms with Crippen LogP contribution in [-0.2, 0) is 9.53 Å². The quantitative estimate of drug-likeness (QED) is 0.0986. The summed E-state index contributed by atoms with van der Waals surface area (Å²) in [6, 6.07) is 33.7. The summed E-state index contributed by atoms with van der Waals surface area (Å²) in [5.41, 5.74) is 0.0274. The number of carbonyl (C=O) groups excluding carboxylic acids is 2. The van der Waals surface area contributed by atoms with E-state index in [1.165, 1.54) is 31.4 Å². The number of non-ortho nitro benzene ring substituents is 1. The first kappa shape index (κ1) is 23.9. The van der Waals surface area contributed by atoms with Crippen LogP contribution in [0.4, 0.5) is 5.69 Å². The second-order valence-electron chi connectivity index (χ2n) is 7.65. The number of ether oxygens (including phenoxy) is 1. The molecule has 0 spiro atoms. The van der Waals surface area contributed by atoms with Gasteiger partial charge in [0.1, 0.15) is 5.29 Å². The van der Waals surface area contributed by atoms with Crippen molar-refractivity contribution in [2.24, 2.45) is 0 Å². The van der Waals surface area contributed by atoms with Gasteiger partial charge in [-0.15, -0.1) is 0 Å². The normalized spacial score (nSPS) is 10.9. The Balaban J connectivity index is 2.20. The summed E-state index contributed by atoms with van der Waals surface area (Å²) in [7, 11) is 1.25. The molecule has 0 aromatic heterocycles. The van der Waals surface area contributed by atoms with Crippen molar-refractivity contribution < 1.29 is 19.2 Å². The van der Waals surface area contributed by atoms with E-state index in [-0.39, 0.29) is 16.5 Å². The summed E-state index contributed by atoms with van der Waals surface area (Å²) >= 11 is 0. The predicted molar refractivity (Wildman–Crippen MR) is 140 cm³/mol. The molecule has 0 atom stereocenters. The minimum absolute atomic E-state index is 0.00236. The largest absolute Gasteiger partial charge is 0.465 e. The standard InChI is InChI=1S/C28H22NO5P/c1-34-28(31)27(26(30)21-17-19-22(20-18-21)29(32)33)35(23-11-5-2-6-12-23,24-13-7-3-8-14-24)25-15-9-4-10-16-25/h2-20H,1H3. The Morgan fingerprint density at radius 2 is 1.09 bits per heavy atom. The van der Waals surface area contributed by atoms with Gasteiger partial charge in [-0.1, -0.05) is 91.0 Å². The van der Waals surface area contributed by atoms with Gasteiger partial charge in [-0.2, -0.15) is 0 Å². The molecule has 6 nitrogen and oxygen atoms in total.